The van der Waals surface area contributed by atoms with Gasteiger partial charge in [-0.1, -0.05) is 44.6 Å². The maximum atomic E-state index is 13.1. The third kappa shape index (κ3) is 1.99. The van der Waals surface area contributed by atoms with Crippen LogP contribution in [-0.4, -0.2) is 16.5 Å². The highest BCUT2D eigenvalue weighted by Crippen LogP contribution is 2.61. The van der Waals surface area contributed by atoms with E-state index in [2.05, 4.69) is 46.8 Å². The first-order valence-corrected chi connectivity index (χ1v) is 8.75. The summed E-state index contributed by atoms with van der Waals surface area (Å²) in [6.45, 7) is 10.8. The second-order valence-electron chi connectivity index (χ2n) is 8.79. The molecule has 0 bridgehead atoms. The summed E-state index contributed by atoms with van der Waals surface area (Å²) in [6.07, 6.45) is 9.71. The maximum Gasteiger partial charge on any atom is 0.143 e. The van der Waals surface area contributed by atoms with Gasteiger partial charge in [-0.25, -0.2) is 0 Å². The molecule has 0 spiro atoms. The molecule has 0 aromatic rings. The Morgan fingerprint density at radius 3 is 2.59 bits per heavy atom. The van der Waals surface area contributed by atoms with Crippen molar-refractivity contribution in [3.05, 3.63) is 23.8 Å². The lowest BCUT2D eigenvalue weighted by Crippen LogP contribution is -2.44. The molecule has 122 valence electrons. The molecule has 1 N–H and O–H groups in total. The molecule has 0 aromatic carbocycles. The quantitative estimate of drug-likeness (QED) is 0.784. The standard InChI is InChI=1S/C20H30O2/c1-13(2)20(22)10-9-18(4)12-15-14(3)7-6-8-19(15,5)17(21)11-16(18)20/h6-8,13,15-16,22H,9-12H2,1-5H3/t15-,16-,18-,19+,20-/m0/s1. The Bertz CT molecular complexity index is 558. The van der Waals surface area contributed by atoms with Crippen LogP contribution >= 0.6 is 0 Å². The summed E-state index contributed by atoms with van der Waals surface area (Å²) < 4.78 is 0. The van der Waals surface area contributed by atoms with Crippen LogP contribution in [0.15, 0.2) is 23.8 Å². The van der Waals surface area contributed by atoms with Gasteiger partial charge in [-0.3, -0.25) is 4.79 Å². The van der Waals surface area contributed by atoms with Crippen LogP contribution in [-0.2, 0) is 4.79 Å². The zero-order chi connectivity index (χ0) is 16.3. The van der Waals surface area contributed by atoms with Gasteiger partial charge in [-0.15, -0.1) is 0 Å². The normalized spacial score (nSPS) is 48.0. The molecule has 0 radical (unpaired) electrons. The predicted molar refractivity (Wildman–Crippen MR) is 89.4 cm³/mol. The van der Waals surface area contributed by atoms with E-state index in [1.165, 1.54) is 5.57 Å². The molecule has 0 heterocycles. The van der Waals surface area contributed by atoms with Gasteiger partial charge in [0.15, 0.2) is 0 Å². The first kappa shape index (κ1) is 16.0. The number of Topliss-reactive ketones (excluding diaryl/α,β-unsaturated/α-hetero) is 1. The van der Waals surface area contributed by atoms with Crippen molar-refractivity contribution < 1.29 is 9.90 Å². The van der Waals surface area contributed by atoms with Crippen molar-refractivity contribution in [2.75, 3.05) is 0 Å². The van der Waals surface area contributed by atoms with Crippen molar-refractivity contribution in [2.24, 2.45) is 28.6 Å². The van der Waals surface area contributed by atoms with Crippen LogP contribution in [0.1, 0.15) is 60.3 Å². The highest BCUT2D eigenvalue weighted by atomic mass is 16.3. The Labute approximate surface area is 134 Å². The number of aliphatic hydroxyl groups is 1. The van der Waals surface area contributed by atoms with Crippen LogP contribution in [0, 0.1) is 28.6 Å². The Balaban J connectivity index is 2.06. The van der Waals surface area contributed by atoms with Gasteiger partial charge in [0, 0.05) is 12.3 Å². The largest absolute Gasteiger partial charge is 0.389 e. The molecule has 2 fully saturated rings. The number of hydrogen-bond acceptors (Lipinski definition) is 2. The number of allylic oxidation sites excluding steroid dienone is 4. The fraction of sp³-hybridized carbons (Fsp3) is 0.750. The van der Waals surface area contributed by atoms with Crippen LogP contribution in [0.4, 0.5) is 0 Å². The summed E-state index contributed by atoms with van der Waals surface area (Å²) in [6, 6.07) is 0. The lowest BCUT2D eigenvalue weighted by Gasteiger charge is -2.41. The minimum atomic E-state index is -0.685. The second kappa shape index (κ2) is 4.80. The van der Waals surface area contributed by atoms with E-state index in [0.717, 1.165) is 19.3 Å². The third-order valence-electron chi connectivity index (χ3n) is 7.28. The number of ketones is 1. The van der Waals surface area contributed by atoms with Gasteiger partial charge in [0.2, 0.25) is 0 Å². The summed E-state index contributed by atoms with van der Waals surface area (Å²) >= 11 is 0. The molecule has 3 aliphatic rings. The van der Waals surface area contributed by atoms with Crippen molar-refractivity contribution in [3.63, 3.8) is 0 Å². The lowest BCUT2D eigenvalue weighted by atomic mass is 9.64. The van der Waals surface area contributed by atoms with Crippen LogP contribution < -0.4 is 0 Å². The Morgan fingerprint density at radius 1 is 1.27 bits per heavy atom. The molecule has 5 atom stereocenters. The molecule has 2 saturated carbocycles. The molecule has 3 rings (SSSR count). The molecule has 0 aromatic heterocycles. The van der Waals surface area contributed by atoms with Crippen LogP contribution in [0.25, 0.3) is 0 Å². The summed E-state index contributed by atoms with van der Waals surface area (Å²) in [4.78, 5) is 13.1. The maximum absolute atomic E-state index is 13.1. The highest BCUT2D eigenvalue weighted by Gasteiger charge is 2.60. The van der Waals surface area contributed by atoms with Gasteiger partial charge in [0.1, 0.15) is 5.78 Å². The molecule has 0 saturated heterocycles. The van der Waals surface area contributed by atoms with E-state index in [4.69, 9.17) is 0 Å². The van der Waals surface area contributed by atoms with E-state index in [1.54, 1.807) is 0 Å². The second-order valence-corrected chi connectivity index (χ2v) is 8.79. The number of rotatable bonds is 1. The van der Waals surface area contributed by atoms with Crippen molar-refractivity contribution in [3.8, 4) is 0 Å². The van der Waals surface area contributed by atoms with E-state index < -0.39 is 5.60 Å². The van der Waals surface area contributed by atoms with Crippen LogP contribution in [0.5, 0.6) is 0 Å². The van der Waals surface area contributed by atoms with E-state index in [9.17, 15) is 9.90 Å². The van der Waals surface area contributed by atoms with Gasteiger partial charge in [0.25, 0.3) is 0 Å². The highest BCUT2D eigenvalue weighted by molar-refractivity contribution is 5.88. The number of hydrogen-bond donors (Lipinski definition) is 1. The fourth-order valence-corrected chi connectivity index (χ4v) is 5.43. The predicted octanol–water partition coefficient (Wildman–Crippen LogP) is 4.29. The van der Waals surface area contributed by atoms with E-state index in [-0.39, 0.29) is 28.6 Å². The number of fused-ring (bicyclic) bond motifs is 2. The smallest absolute Gasteiger partial charge is 0.143 e. The molecule has 0 aliphatic heterocycles. The average molecular weight is 302 g/mol. The summed E-state index contributed by atoms with van der Waals surface area (Å²) in [5, 5.41) is 11.3. The zero-order valence-corrected chi connectivity index (χ0v) is 14.6. The fourth-order valence-electron chi connectivity index (χ4n) is 5.43. The van der Waals surface area contributed by atoms with Gasteiger partial charge < -0.3 is 5.11 Å². The summed E-state index contributed by atoms with van der Waals surface area (Å²) in [5.41, 5.74) is 0.317. The summed E-state index contributed by atoms with van der Waals surface area (Å²) in [7, 11) is 0. The summed E-state index contributed by atoms with van der Waals surface area (Å²) in [5.74, 6) is 0.897. The Kier molecular flexibility index (Phi) is 3.49. The molecule has 2 heteroatoms. The van der Waals surface area contributed by atoms with Crippen molar-refractivity contribution in [2.45, 2.75) is 65.9 Å². The van der Waals surface area contributed by atoms with Crippen LogP contribution in [0.3, 0.4) is 0 Å². The molecular formula is C20H30O2. The first-order chi connectivity index (χ1) is 10.1. The van der Waals surface area contributed by atoms with Gasteiger partial charge in [0.05, 0.1) is 11.0 Å². The number of carbonyl (C=O) groups excluding carboxylic acids is 1. The monoisotopic (exact) mass is 302 g/mol. The van der Waals surface area contributed by atoms with Crippen molar-refractivity contribution >= 4 is 5.78 Å². The van der Waals surface area contributed by atoms with Crippen molar-refractivity contribution in [1.82, 2.24) is 0 Å². The Hall–Kier alpha value is -0.890. The van der Waals surface area contributed by atoms with Gasteiger partial charge >= 0.3 is 0 Å². The molecule has 0 amide bonds. The topological polar surface area (TPSA) is 37.3 Å². The number of carbonyl (C=O) groups is 1. The average Bonchev–Trinajstić information content (AvgIpc) is 2.64. The molecule has 0 unspecified atom stereocenters. The van der Waals surface area contributed by atoms with E-state index >= 15 is 0 Å². The van der Waals surface area contributed by atoms with Gasteiger partial charge in [-0.2, -0.15) is 0 Å². The Morgan fingerprint density at radius 2 is 1.95 bits per heavy atom. The van der Waals surface area contributed by atoms with Gasteiger partial charge in [-0.05, 0) is 50.4 Å². The lowest BCUT2D eigenvalue weighted by molar-refractivity contribution is -0.131. The van der Waals surface area contributed by atoms with Crippen molar-refractivity contribution in [1.29, 1.82) is 0 Å². The minimum Gasteiger partial charge on any atom is -0.389 e. The molecular weight excluding hydrogens is 272 g/mol. The van der Waals surface area contributed by atoms with E-state index in [0.29, 0.717) is 12.2 Å². The first-order valence-electron chi connectivity index (χ1n) is 8.75. The third-order valence-corrected chi connectivity index (χ3v) is 7.28. The SMILES string of the molecule is CC1=CC=C[C@@]2(C)C(=O)C[C@H]3[C@@](C)(CC[C@]3(O)C(C)C)C[C@@H]12. The molecule has 2 nitrogen and oxygen atoms in total. The van der Waals surface area contributed by atoms with Crippen LogP contribution in [0.2, 0.25) is 0 Å². The zero-order valence-electron chi connectivity index (χ0n) is 14.6. The van der Waals surface area contributed by atoms with E-state index in [1.807, 2.05) is 6.08 Å². The molecule has 22 heavy (non-hydrogen) atoms. The molecule has 3 aliphatic carbocycles. The minimum absolute atomic E-state index is 0.0669.